The Morgan fingerprint density at radius 2 is 1.90 bits per heavy atom. The Kier molecular flexibility index (Phi) is 5.24. The molecule has 2 fully saturated rings. The molecule has 0 bridgehead atoms. The van der Waals surface area contributed by atoms with Gasteiger partial charge in [0.25, 0.3) is 0 Å². The molecule has 21 heavy (non-hydrogen) atoms. The van der Waals surface area contributed by atoms with Gasteiger partial charge in [-0.2, -0.15) is 0 Å². The molecule has 0 heterocycles. The van der Waals surface area contributed by atoms with Crippen molar-refractivity contribution in [2.24, 2.45) is 17.8 Å². The minimum absolute atomic E-state index is 0.801. The zero-order valence-corrected chi connectivity index (χ0v) is 13.9. The molecule has 1 aromatic rings. The summed E-state index contributed by atoms with van der Waals surface area (Å²) in [5.41, 5.74) is 1.34. The summed E-state index contributed by atoms with van der Waals surface area (Å²) in [5, 5.41) is 4.71. The maximum Gasteiger partial charge on any atom is 0.0438 e. The maximum absolute atomic E-state index is 6.38. The standard InChI is InChI=1S/C19H28ClN/c1-2-14-7-8-16(13-21-18-9-10-18)17(11-14)12-15-5-3-4-6-19(15)20/h3-6,14,16-18,21H,2,7-13H2,1H3. The van der Waals surface area contributed by atoms with E-state index in [0.29, 0.717) is 0 Å². The minimum Gasteiger partial charge on any atom is -0.314 e. The maximum atomic E-state index is 6.38. The third-order valence-corrected chi connectivity index (χ3v) is 5.88. The van der Waals surface area contributed by atoms with E-state index >= 15 is 0 Å². The number of rotatable bonds is 6. The van der Waals surface area contributed by atoms with E-state index in [0.717, 1.165) is 35.2 Å². The molecule has 2 saturated carbocycles. The van der Waals surface area contributed by atoms with E-state index in [1.165, 1.54) is 50.6 Å². The van der Waals surface area contributed by atoms with Crippen molar-refractivity contribution in [1.29, 1.82) is 0 Å². The van der Waals surface area contributed by atoms with E-state index in [1.54, 1.807) is 0 Å². The topological polar surface area (TPSA) is 12.0 Å². The quantitative estimate of drug-likeness (QED) is 0.773. The number of nitrogens with one attached hydrogen (secondary N) is 1. The lowest BCUT2D eigenvalue weighted by atomic mass is 9.71. The summed E-state index contributed by atoms with van der Waals surface area (Å²) in [5.74, 6) is 2.56. The first kappa shape index (κ1) is 15.4. The highest BCUT2D eigenvalue weighted by Gasteiger charge is 2.31. The SMILES string of the molecule is CCC1CCC(CNC2CC2)C(Cc2ccccc2Cl)C1. The molecule has 0 saturated heterocycles. The van der Waals surface area contributed by atoms with E-state index in [4.69, 9.17) is 11.6 Å². The van der Waals surface area contributed by atoms with Gasteiger partial charge < -0.3 is 5.32 Å². The van der Waals surface area contributed by atoms with Gasteiger partial charge in [0.15, 0.2) is 0 Å². The third kappa shape index (κ3) is 4.23. The lowest BCUT2D eigenvalue weighted by Gasteiger charge is -2.36. The summed E-state index contributed by atoms with van der Waals surface area (Å²) in [4.78, 5) is 0. The molecule has 1 N–H and O–H groups in total. The second kappa shape index (κ2) is 7.15. The van der Waals surface area contributed by atoms with Crippen LogP contribution in [0.3, 0.4) is 0 Å². The zero-order valence-electron chi connectivity index (χ0n) is 13.2. The van der Waals surface area contributed by atoms with Crippen LogP contribution >= 0.6 is 11.6 Å². The van der Waals surface area contributed by atoms with E-state index in [1.807, 2.05) is 12.1 Å². The van der Waals surface area contributed by atoms with E-state index in [2.05, 4.69) is 24.4 Å². The normalized spacial score (nSPS) is 29.5. The van der Waals surface area contributed by atoms with Crippen molar-refractivity contribution in [2.45, 2.75) is 57.9 Å². The van der Waals surface area contributed by atoms with E-state index in [-0.39, 0.29) is 0 Å². The molecular weight excluding hydrogens is 278 g/mol. The highest BCUT2D eigenvalue weighted by atomic mass is 35.5. The molecule has 0 aromatic heterocycles. The van der Waals surface area contributed by atoms with Gasteiger partial charge in [-0.1, -0.05) is 49.6 Å². The third-order valence-electron chi connectivity index (χ3n) is 5.51. The van der Waals surface area contributed by atoms with E-state index in [9.17, 15) is 0 Å². The Balaban J connectivity index is 1.65. The van der Waals surface area contributed by atoms with Crippen molar-refractivity contribution >= 4 is 11.6 Å². The molecule has 2 aliphatic carbocycles. The van der Waals surface area contributed by atoms with Crippen molar-refractivity contribution < 1.29 is 0 Å². The van der Waals surface area contributed by atoms with Crippen LogP contribution in [0.1, 0.15) is 51.0 Å². The van der Waals surface area contributed by atoms with Gasteiger partial charge in [-0.05, 0) is 68.0 Å². The van der Waals surface area contributed by atoms with Crippen LogP contribution in [-0.2, 0) is 6.42 Å². The average Bonchev–Trinajstić information content (AvgIpc) is 3.32. The number of hydrogen-bond donors (Lipinski definition) is 1. The van der Waals surface area contributed by atoms with Crippen LogP contribution in [0.4, 0.5) is 0 Å². The van der Waals surface area contributed by atoms with Crippen LogP contribution in [0.2, 0.25) is 5.02 Å². The van der Waals surface area contributed by atoms with Crippen molar-refractivity contribution in [3.8, 4) is 0 Å². The fourth-order valence-corrected chi connectivity index (χ4v) is 4.08. The first-order chi connectivity index (χ1) is 10.3. The molecule has 1 nitrogen and oxygen atoms in total. The summed E-state index contributed by atoms with van der Waals surface area (Å²) in [6.45, 7) is 3.57. The fraction of sp³-hybridized carbons (Fsp3) is 0.684. The Hall–Kier alpha value is -0.530. The van der Waals surface area contributed by atoms with Gasteiger partial charge in [0.05, 0.1) is 0 Å². The highest BCUT2D eigenvalue weighted by molar-refractivity contribution is 6.31. The fourth-order valence-electron chi connectivity index (χ4n) is 3.87. The first-order valence-electron chi connectivity index (χ1n) is 8.73. The van der Waals surface area contributed by atoms with Crippen molar-refractivity contribution in [2.75, 3.05) is 6.54 Å². The van der Waals surface area contributed by atoms with Crippen molar-refractivity contribution in [3.05, 3.63) is 34.9 Å². The minimum atomic E-state index is 0.801. The molecule has 1 aromatic carbocycles. The lowest BCUT2D eigenvalue weighted by Crippen LogP contribution is -2.35. The van der Waals surface area contributed by atoms with Crippen LogP contribution in [0.25, 0.3) is 0 Å². The van der Waals surface area contributed by atoms with Gasteiger partial charge in [-0.15, -0.1) is 0 Å². The van der Waals surface area contributed by atoms with Gasteiger partial charge in [0, 0.05) is 11.1 Å². The second-order valence-corrected chi connectivity index (χ2v) is 7.49. The van der Waals surface area contributed by atoms with Gasteiger partial charge >= 0.3 is 0 Å². The Bertz CT molecular complexity index is 455. The largest absolute Gasteiger partial charge is 0.314 e. The van der Waals surface area contributed by atoms with Crippen LogP contribution < -0.4 is 5.32 Å². The smallest absolute Gasteiger partial charge is 0.0438 e. The predicted octanol–water partition coefficient (Wildman–Crippen LogP) is 5.08. The highest BCUT2D eigenvalue weighted by Crippen LogP contribution is 2.38. The first-order valence-corrected chi connectivity index (χ1v) is 9.10. The summed E-state index contributed by atoms with van der Waals surface area (Å²) < 4.78 is 0. The molecular formula is C19H28ClN. The second-order valence-electron chi connectivity index (χ2n) is 7.09. The molecule has 3 atom stereocenters. The molecule has 2 heteroatoms. The molecule has 3 unspecified atom stereocenters. The Morgan fingerprint density at radius 3 is 2.62 bits per heavy atom. The Morgan fingerprint density at radius 1 is 1.10 bits per heavy atom. The van der Waals surface area contributed by atoms with Crippen LogP contribution in [0, 0.1) is 17.8 Å². The summed E-state index contributed by atoms with van der Waals surface area (Å²) in [6, 6.07) is 9.24. The molecule has 0 spiro atoms. The molecule has 116 valence electrons. The van der Waals surface area contributed by atoms with Crippen LogP contribution in [0.5, 0.6) is 0 Å². The van der Waals surface area contributed by atoms with Crippen LogP contribution in [0.15, 0.2) is 24.3 Å². The molecule has 0 radical (unpaired) electrons. The molecule has 0 aliphatic heterocycles. The summed E-state index contributed by atoms with van der Waals surface area (Å²) in [7, 11) is 0. The molecule has 0 amide bonds. The molecule has 2 aliphatic rings. The van der Waals surface area contributed by atoms with Gasteiger partial charge in [0.2, 0.25) is 0 Å². The van der Waals surface area contributed by atoms with Gasteiger partial charge in [-0.25, -0.2) is 0 Å². The summed E-state index contributed by atoms with van der Waals surface area (Å²) >= 11 is 6.38. The average molecular weight is 306 g/mol. The van der Waals surface area contributed by atoms with Gasteiger partial charge in [0.1, 0.15) is 0 Å². The van der Waals surface area contributed by atoms with E-state index < -0.39 is 0 Å². The van der Waals surface area contributed by atoms with Gasteiger partial charge in [-0.3, -0.25) is 0 Å². The molecule has 3 rings (SSSR count). The zero-order chi connectivity index (χ0) is 14.7. The van der Waals surface area contributed by atoms with Crippen molar-refractivity contribution in [3.63, 3.8) is 0 Å². The number of benzene rings is 1. The van der Waals surface area contributed by atoms with Crippen LogP contribution in [-0.4, -0.2) is 12.6 Å². The lowest BCUT2D eigenvalue weighted by molar-refractivity contribution is 0.171. The monoisotopic (exact) mass is 305 g/mol. The predicted molar refractivity (Wildman–Crippen MR) is 90.8 cm³/mol. The Labute approximate surface area is 134 Å². The summed E-state index contributed by atoms with van der Waals surface area (Å²) in [6.07, 6.45) is 9.48. The number of halogens is 1. The van der Waals surface area contributed by atoms with Crippen molar-refractivity contribution in [1.82, 2.24) is 5.32 Å². The number of hydrogen-bond acceptors (Lipinski definition) is 1.